The fraction of sp³-hybridized carbons (Fsp3) is 0.455. The lowest BCUT2D eigenvalue weighted by Gasteiger charge is -2.63. The molecule has 2 saturated heterocycles. The number of fused-ring (bicyclic) bond motifs is 1. The summed E-state index contributed by atoms with van der Waals surface area (Å²) in [6, 6.07) is 3.63. The van der Waals surface area contributed by atoms with Gasteiger partial charge in [-0.1, -0.05) is 30.4 Å². The average molecular weight is 594 g/mol. The first kappa shape index (κ1) is 28.9. The van der Waals surface area contributed by atoms with Gasteiger partial charge in [0.15, 0.2) is 4.99 Å². The van der Waals surface area contributed by atoms with Crippen molar-refractivity contribution in [1.82, 2.24) is 41.1 Å². The summed E-state index contributed by atoms with van der Waals surface area (Å²) in [7, 11) is 2.51. The van der Waals surface area contributed by atoms with E-state index in [0.717, 1.165) is 28.4 Å². The van der Waals surface area contributed by atoms with E-state index in [1.807, 2.05) is 0 Å². The van der Waals surface area contributed by atoms with E-state index in [1.165, 1.54) is 50.2 Å². The summed E-state index contributed by atoms with van der Waals surface area (Å²) in [5.74, 6) is -2.48. The minimum absolute atomic E-state index is 0.0398. The van der Waals surface area contributed by atoms with Gasteiger partial charge in [-0.15, -0.1) is 5.10 Å². The number of aromatic nitrogens is 4. The van der Waals surface area contributed by atoms with E-state index >= 15 is 0 Å². The molecule has 40 heavy (non-hydrogen) atoms. The normalized spacial score (nSPS) is 24.2. The van der Waals surface area contributed by atoms with Crippen LogP contribution in [0.2, 0.25) is 0 Å². The number of aromatic amines is 1. The van der Waals surface area contributed by atoms with Crippen molar-refractivity contribution >= 4 is 59.1 Å². The molecule has 3 heterocycles. The van der Waals surface area contributed by atoms with Crippen LogP contribution >= 0.6 is 23.5 Å². The highest BCUT2D eigenvalue weighted by atomic mass is 32.2. The van der Waals surface area contributed by atoms with E-state index in [-0.39, 0.29) is 35.5 Å². The van der Waals surface area contributed by atoms with E-state index in [9.17, 15) is 34.2 Å². The van der Waals surface area contributed by atoms with E-state index in [1.54, 1.807) is 6.92 Å². The number of aliphatic carboxylic acids is 1. The number of carboxylic acid groups (broad SMARTS) is 1. The average Bonchev–Trinajstić information content (AvgIpc) is 3.41. The van der Waals surface area contributed by atoms with Gasteiger partial charge in [-0.3, -0.25) is 19.3 Å². The quantitative estimate of drug-likeness (QED) is 0.168. The lowest BCUT2D eigenvalue weighted by Crippen LogP contribution is -2.81. The van der Waals surface area contributed by atoms with Crippen molar-refractivity contribution < 1.29 is 34.2 Å². The molecule has 18 heteroatoms. The Balaban J connectivity index is 2.00. The van der Waals surface area contributed by atoms with Crippen LogP contribution in [0.1, 0.15) is 20.3 Å². The number of rotatable bonds is 7. The fourth-order valence-electron chi connectivity index (χ4n) is 4.78. The highest BCUT2D eigenvalue weighted by Gasteiger charge is 2.72. The highest BCUT2D eigenvalue weighted by Crippen LogP contribution is 2.59. The molecule has 5 N–H and O–H groups in total. The van der Waals surface area contributed by atoms with Gasteiger partial charge in [-0.2, -0.15) is 0 Å². The molecule has 2 aliphatic heterocycles. The summed E-state index contributed by atoms with van der Waals surface area (Å²) in [6.07, 6.45) is 0.0398. The van der Waals surface area contributed by atoms with Crippen molar-refractivity contribution in [3.05, 3.63) is 24.3 Å². The number of tetrazole rings is 1. The number of amides is 6. The SMILES string of the molecule is CNC(=O)N(C)C(=O)NC1(N(C(C)=O)c2ccc(O)cc2)S[C@@H]2CC(=O)N2CC1(C(=O)O)C(C)Sc1nnn[nH]1. The van der Waals surface area contributed by atoms with Gasteiger partial charge in [0.2, 0.25) is 17.0 Å². The molecule has 4 rings (SSSR count). The van der Waals surface area contributed by atoms with Crippen molar-refractivity contribution in [3.63, 3.8) is 0 Å². The maximum Gasteiger partial charge on any atom is 0.327 e. The van der Waals surface area contributed by atoms with Crippen molar-refractivity contribution in [3.8, 4) is 5.75 Å². The number of carbonyl (C=O) groups is 5. The number of phenols is 1. The van der Waals surface area contributed by atoms with Crippen molar-refractivity contribution in [1.29, 1.82) is 0 Å². The van der Waals surface area contributed by atoms with Crippen molar-refractivity contribution in [2.45, 2.75) is 41.0 Å². The van der Waals surface area contributed by atoms with E-state index in [2.05, 4.69) is 31.3 Å². The second kappa shape index (κ2) is 10.8. The van der Waals surface area contributed by atoms with Crippen LogP contribution < -0.4 is 15.5 Å². The number of nitrogens with one attached hydrogen (secondary N) is 3. The molecule has 0 bridgehead atoms. The van der Waals surface area contributed by atoms with Crippen LogP contribution in [0.15, 0.2) is 29.4 Å². The van der Waals surface area contributed by atoms with Crippen LogP contribution in [0.5, 0.6) is 5.75 Å². The summed E-state index contributed by atoms with van der Waals surface area (Å²) in [5.41, 5.74) is -1.95. The van der Waals surface area contributed by atoms with Crippen LogP contribution in [0, 0.1) is 5.41 Å². The number of urea groups is 2. The molecule has 1 aromatic heterocycles. The van der Waals surface area contributed by atoms with Crippen LogP contribution in [0.25, 0.3) is 0 Å². The summed E-state index contributed by atoms with van der Waals surface area (Å²) in [4.78, 5) is 66.7. The summed E-state index contributed by atoms with van der Waals surface area (Å²) in [6.45, 7) is 2.37. The molecule has 2 fully saturated rings. The number of anilines is 1. The Morgan fingerprint density at radius 3 is 2.45 bits per heavy atom. The number of nitrogens with zero attached hydrogens (tertiary/aromatic N) is 6. The largest absolute Gasteiger partial charge is 0.508 e. The third-order valence-corrected chi connectivity index (χ3v) is 9.71. The Morgan fingerprint density at radius 1 is 1.25 bits per heavy atom. The number of thioether (sulfide) groups is 2. The van der Waals surface area contributed by atoms with Gasteiger partial charge < -0.3 is 25.7 Å². The monoisotopic (exact) mass is 593 g/mol. The van der Waals surface area contributed by atoms with E-state index in [0.29, 0.717) is 4.90 Å². The topological polar surface area (TPSA) is 214 Å². The first-order chi connectivity index (χ1) is 18.9. The van der Waals surface area contributed by atoms with Gasteiger partial charge >= 0.3 is 18.0 Å². The number of phenolic OH excluding ortho intramolecular Hbond substituents is 1. The number of benzene rings is 1. The number of carboxylic acids is 1. The zero-order valence-corrected chi connectivity index (χ0v) is 23.4. The van der Waals surface area contributed by atoms with Crippen LogP contribution in [-0.4, -0.2) is 107 Å². The number of hydrogen-bond donors (Lipinski definition) is 5. The van der Waals surface area contributed by atoms with Gasteiger partial charge in [0.25, 0.3) is 0 Å². The number of aromatic hydroxyl groups is 1. The van der Waals surface area contributed by atoms with E-state index < -0.39 is 45.0 Å². The molecule has 4 atom stereocenters. The van der Waals surface area contributed by atoms with Crippen LogP contribution in [-0.2, 0) is 14.4 Å². The predicted molar refractivity (Wildman–Crippen MR) is 142 cm³/mol. The first-order valence-corrected chi connectivity index (χ1v) is 13.6. The third-order valence-electron chi connectivity index (χ3n) is 6.88. The minimum Gasteiger partial charge on any atom is -0.508 e. The Morgan fingerprint density at radius 2 is 1.93 bits per heavy atom. The lowest BCUT2D eigenvalue weighted by molar-refractivity contribution is -0.160. The third kappa shape index (κ3) is 4.66. The highest BCUT2D eigenvalue weighted by molar-refractivity contribution is 8.02. The first-order valence-electron chi connectivity index (χ1n) is 11.9. The van der Waals surface area contributed by atoms with Gasteiger partial charge in [0, 0.05) is 38.5 Å². The second-order valence-corrected chi connectivity index (χ2v) is 11.8. The molecule has 0 saturated carbocycles. The fourth-order valence-corrected chi connectivity index (χ4v) is 7.88. The molecule has 6 amide bonds. The minimum atomic E-state index is -2.11. The molecule has 1 aromatic carbocycles. The number of H-pyrrole nitrogens is 1. The summed E-state index contributed by atoms with van der Waals surface area (Å²) >= 11 is 1.85. The van der Waals surface area contributed by atoms with Gasteiger partial charge in [-0.05, 0) is 34.7 Å². The standard InChI is InChI=1S/C22H27N9O7S2/c1-11(39-18-25-27-28-26-18)21(17(35)36)10-30-15(34)9-16(30)40-22(21,24-20(38)29(4)19(37)23-3)31(12(2)32)13-5-7-14(33)8-6-13/h5-8,11,16,33H,9-10H2,1-4H3,(H,23,37)(H,24,38)(H,35,36)(H,25,26,27,28)/t11?,16-,21?,22?/m1/s1. The smallest absolute Gasteiger partial charge is 0.327 e. The molecule has 2 aliphatic rings. The molecule has 3 unspecified atom stereocenters. The van der Waals surface area contributed by atoms with Gasteiger partial charge in [0.05, 0.1) is 11.8 Å². The number of hydrogen-bond acceptors (Lipinski definition) is 11. The van der Waals surface area contributed by atoms with Gasteiger partial charge in [0.1, 0.15) is 11.2 Å². The molecule has 0 radical (unpaired) electrons. The Labute approximate surface area is 236 Å². The van der Waals surface area contributed by atoms with Gasteiger partial charge in [-0.25, -0.2) is 19.6 Å². The Hall–Kier alpha value is -4.06. The molecule has 2 aromatic rings. The maximum atomic E-state index is 13.6. The van der Waals surface area contributed by atoms with Crippen molar-refractivity contribution in [2.24, 2.45) is 5.41 Å². The molecule has 214 valence electrons. The Bertz CT molecular complexity index is 1330. The molecule has 16 nitrogen and oxygen atoms in total. The van der Waals surface area contributed by atoms with Crippen LogP contribution in [0.3, 0.4) is 0 Å². The summed E-state index contributed by atoms with van der Waals surface area (Å²) in [5, 5.41) is 38.0. The zero-order valence-electron chi connectivity index (χ0n) is 21.8. The Kier molecular flexibility index (Phi) is 7.84. The van der Waals surface area contributed by atoms with E-state index in [4.69, 9.17) is 0 Å². The second-order valence-electron chi connectivity index (χ2n) is 9.10. The van der Waals surface area contributed by atoms with Crippen molar-refractivity contribution in [2.75, 3.05) is 25.5 Å². The molecule has 0 spiro atoms. The maximum absolute atomic E-state index is 13.6. The zero-order chi connectivity index (χ0) is 29.4. The molecular weight excluding hydrogens is 566 g/mol. The predicted octanol–water partition coefficient (Wildman–Crippen LogP) is 0.450. The lowest BCUT2D eigenvalue weighted by atomic mass is 9.77. The number of carbonyl (C=O) groups excluding carboxylic acids is 4. The molecule has 0 aliphatic carbocycles. The number of β-lactam (4-membered cyclic amide) rings is 1. The molecular formula is C22H27N9O7S2. The van der Waals surface area contributed by atoms with Crippen LogP contribution in [0.4, 0.5) is 15.3 Å². The summed E-state index contributed by atoms with van der Waals surface area (Å²) < 4.78 is 0. The number of imide groups is 1.